The van der Waals surface area contributed by atoms with Crippen LogP contribution in [0.15, 0.2) is 54.1 Å². The third-order valence-corrected chi connectivity index (χ3v) is 4.12. The zero-order valence-electron chi connectivity index (χ0n) is 16.7. The summed E-state index contributed by atoms with van der Waals surface area (Å²) < 4.78 is 10.4. The molecule has 2 aromatic rings. The van der Waals surface area contributed by atoms with E-state index in [1.165, 1.54) is 18.2 Å². The maximum atomic E-state index is 12.8. The minimum atomic E-state index is -0.675. The van der Waals surface area contributed by atoms with E-state index >= 15 is 0 Å². The van der Waals surface area contributed by atoms with Crippen LogP contribution < -0.4 is 15.2 Å². The van der Waals surface area contributed by atoms with Crippen molar-refractivity contribution in [3.05, 3.63) is 69.8 Å². The van der Waals surface area contributed by atoms with Gasteiger partial charge >= 0.3 is 5.97 Å². The fourth-order valence-corrected chi connectivity index (χ4v) is 2.80. The Bertz CT molecular complexity index is 1060. The molecule has 0 radical (unpaired) electrons. The van der Waals surface area contributed by atoms with E-state index in [1.54, 1.807) is 44.2 Å². The Morgan fingerprint density at radius 2 is 1.90 bits per heavy atom. The fourth-order valence-electron chi connectivity index (χ4n) is 2.80. The molecule has 1 N–H and O–H groups in total. The summed E-state index contributed by atoms with van der Waals surface area (Å²) in [4.78, 5) is 47.5. The highest BCUT2D eigenvalue weighted by molar-refractivity contribution is 6.31. The van der Waals surface area contributed by atoms with Crippen LogP contribution in [0, 0.1) is 10.1 Å². The molecule has 0 atom stereocenters. The Hall–Kier alpha value is -4.21. The van der Waals surface area contributed by atoms with Crippen molar-refractivity contribution < 1.29 is 28.8 Å². The van der Waals surface area contributed by atoms with Crippen molar-refractivity contribution in [2.75, 3.05) is 11.6 Å². The fraction of sp³-hybridized carbons (Fsp3) is 0.190. The lowest BCUT2D eigenvalue weighted by Gasteiger charge is -2.14. The highest BCUT2D eigenvalue weighted by Gasteiger charge is 2.34. The predicted molar refractivity (Wildman–Crippen MR) is 110 cm³/mol. The summed E-state index contributed by atoms with van der Waals surface area (Å²) in [5, 5.41) is 12.2. The van der Waals surface area contributed by atoms with Gasteiger partial charge in [-0.1, -0.05) is 18.2 Å². The molecule has 2 amide bonds. The van der Waals surface area contributed by atoms with E-state index in [1.807, 2.05) is 0 Å². The van der Waals surface area contributed by atoms with Crippen LogP contribution >= 0.6 is 0 Å². The molecule has 31 heavy (non-hydrogen) atoms. The average molecular weight is 425 g/mol. The van der Waals surface area contributed by atoms with Gasteiger partial charge in [0, 0.05) is 17.7 Å². The number of rotatable bonds is 7. The number of hydrogen-bond donors (Lipinski definition) is 1. The van der Waals surface area contributed by atoms with Gasteiger partial charge in [-0.05, 0) is 38.1 Å². The van der Waals surface area contributed by atoms with Crippen LogP contribution in [-0.4, -0.2) is 35.4 Å². The molecule has 0 spiro atoms. The lowest BCUT2D eigenvalue weighted by molar-refractivity contribution is -0.384. The molecule has 2 aromatic carbocycles. The maximum absolute atomic E-state index is 12.8. The van der Waals surface area contributed by atoms with Crippen LogP contribution in [0.3, 0.4) is 0 Å². The topological polar surface area (TPSA) is 128 Å². The van der Waals surface area contributed by atoms with Gasteiger partial charge in [0.15, 0.2) is 6.61 Å². The number of anilines is 1. The second-order valence-electron chi connectivity index (χ2n) is 6.78. The minimum Gasteiger partial charge on any atom is -0.481 e. The van der Waals surface area contributed by atoms with Crippen molar-refractivity contribution >= 4 is 35.2 Å². The zero-order chi connectivity index (χ0) is 22.5. The van der Waals surface area contributed by atoms with Crippen molar-refractivity contribution in [2.24, 2.45) is 0 Å². The Balaban J connectivity index is 1.92. The molecule has 1 heterocycles. The van der Waals surface area contributed by atoms with Crippen LogP contribution in [0.2, 0.25) is 0 Å². The third kappa shape index (κ3) is 5.04. The van der Waals surface area contributed by atoms with Crippen molar-refractivity contribution in [1.29, 1.82) is 0 Å². The first-order chi connectivity index (χ1) is 14.8. The molecule has 0 aromatic heterocycles. The molecule has 0 aliphatic carbocycles. The largest absolute Gasteiger partial charge is 0.481 e. The second-order valence-corrected chi connectivity index (χ2v) is 6.78. The Labute approximate surface area is 177 Å². The number of nitrogens with zero attached hydrogens (tertiary/aromatic N) is 2. The Kier molecular flexibility index (Phi) is 6.29. The van der Waals surface area contributed by atoms with E-state index in [4.69, 9.17) is 9.47 Å². The van der Waals surface area contributed by atoms with E-state index in [-0.39, 0.29) is 28.7 Å². The number of benzene rings is 2. The summed E-state index contributed by atoms with van der Waals surface area (Å²) in [6.07, 6.45) is 0.856. The van der Waals surface area contributed by atoms with E-state index in [2.05, 4.69) is 5.43 Å². The van der Waals surface area contributed by atoms with Crippen molar-refractivity contribution in [1.82, 2.24) is 5.43 Å². The molecule has 0 saturated carbocycles. The summed E-state index contributed by atoms with van der Waals surface area (Å²) in [5.41, 5.74) is 2.49. The van der Waals surface area contributed by atoms with E-state index < -0.39 is 29.3 Å². The number of esters is 1. The van der Waals surface area contributed by atoms with Crippen molar-refractivity contribution in [3.63, 3.8) is 0 Å². The number of hydrogen-bond acceptors (Lipinski definition) is 7. The van der Waals surface area contributed by atoms with Gasteiger partial charge in [-0.25, -0.2) is 9.80 Å². The number of nitro benzene ring substituents is 1. The molecule has 10 heteroatoms. The molecular weight excluding hydrogens is 406 g/mol. The first-order valence-corrected chi connectivity index (χ1v) is 9.29. The van der Waals surface area contributed by atoms with Gasteiger partial charge in [0.25, 0.3) is 17.5 Å². The average Bonchev–Trinajstić information content (AvgIpc) is 3.01. The number of amides is 2. The van der Waals surface area contributed by atoms with Crippen LogP contribution in [0.25, 0.3) is 6.08 Å². The van der Waals surface area contributed by atoms with Gasteiger partial charge in [0.1, 0.15) is 11.3 Å². The van der Waals surface area contributed by atoms with Gasteiger partial charge in [-0.15, -0.1) is 0 Å². The van der Waals surface area contributed by atoms with E-state index in [0.717, 1.165) is 11.1 Å². The number of hydrazine groups is 1. The van der Waals surface area contributed by atoms with Crippen LogP contribution in [0.4, 0.5) is 11.4 Å². The molecule has 1 aliphatic rings. The minimum absolute atomic E-state index is 0.0811. The van der Waals surface area contributed by atoms with Gasteiger partial charge < -0.3 is 9.47 Å². The molecular formula is C21H19N3O7. The molecule has 1 aliphatic heterocycles. The highest BCUT2D eigenvalue weighted by atomic mass is 16.6. The monoisotopic (exact) mass is 425 g/mol. The summed E-state index contributed by atoms with van der Waals surface area (Å²) in [5.74, 6) is -1.85. The molecule has 10 nitrogen and oxygen atoms in total. The number of carbonyl (C=O) groups excluding carboxylic acids is 3. The van der Waals surface area contributed by atoms with Gasteiger partial charge in [0.2, 0.25) is 0 Å². The van der Waals surface area contributed by atoms with E-state index in [9.17, 15) is 24.5 Å². The normalized spacial score (nSPS) is 14.7. The predicted octanol–water partition coefficient (Wildman–Crippen LogP) is 2.39. The first-order valence-electron chi connectivity index (χ1n) is 9.29. The number of para-hydroxylation sites is 1. The Morgan fingerprint density at radius 1 is 1.19 bits per heavy atom. The number of non-ortho nitro benzene ring substituents is 1. The number of carbonyl (C=O) groups is 3. The van der Waals surface area contributed by atoms with Crippen LogP contribution in [0.5, 0.6) is 5.75 Å². The standard InChI is InChI=1S/C21H19N3O7/c1-13(2)31-19(25)12-30-18-9-8-16(24(28)29)10-14(18)11-17-20(26)22-23(21(17)27)15-6-4-3-5-7-15/h3-11,13H,12H2,1-2H3,(H,22,26)/b17-11-. The Morgan fingerprint density at radius 3 is 2.55 bits per heavy atom. The molecule has 3 rings (SSSR count). The lowest BCUT2D eigenvalue weighted by atomic mass is 10.1. The number of nitrogens with one attached hydrogen (secondary N) is 1. The van der Waals surface area contributed by atoms with Gasteiger partial charge in [0.05, 0.1) is 16.7 Å². The second kappa shape index (κ2) is 9.08. The summed E-state index contributed by atoms with van der Waals surface area (Å²) in [6, 6.07) is 12.1. The summed E-state index contributed by atoms with van der Waals surface area (Å²) in [7, 11) is 0. The molecule has 1 saturated heterocycles. The van der Waals surface area contributed by atoms with Gasteiger partial charge in [-0.3, -0.25) is 25.1 Å². The van der Waals surface area contributed by atoms with Crippen molar-refractivity contribution in [3.8, 4) is 5.75 Å². The van der Waals surface area contributed by atoms with Gasteiger partial charge in [-0.2, -0.15) is 0 Å². The van der Waals surface area contributed by atoms with E-state index in [0.29, 0.717) is 5.69 Å². The smallest absolute Gasteiger partial charge is 0.344 e. The molecule has 160 valence electrons. The lowest BCUT2D eigenvalue weighted by Crippen LogP contribution is -2.35. The SMILES string of the molecule is CC(C)OC(=O)COc1ccc([N+](=O)[O-])cc1/C=C1/C(=O)NN(c2ccccc2)C1=O. The third-order valence-electron chi connectivity index (χ3n) is 4.12. The first kappa shape index (κ1) is 21.5. The van der Waals surface area contributed by atoms with Crippen LogP contribution in [0.1, 0.15) is 19.4 Å². The van der Waals surface area contributed by atoms with Crippen molar-refractivity contribution in [2.45, 2.75) is 20.0 Å². The number of ether oxygens (including phenoxy) is 2. The zero-order valence-corrected chi connectivity index (χ0v) is 16.7. The highest BCUT2D eigenvalue weighted by Crippen LogP contribution is 2.29. The summed E-state index contributed by atoms with van der Waals surface area (Å²) in [6.45, 7) is 2.92. The quantitative estimate of drug-likeness (QED) is 0.237. The molecule has 1 fully saturated rings. The summed E-state index contributed by atoms with van der Waals surface area (Å²) >= 11 is 0. The number of nitro groups is 1. The molecule has 0 unspecified atom stereocenters. The maximum Gasteiger partial charge on any atom is 0.344 e. The molecule has 0 bridgehead atoms. The van der Waals surface area contributed by atoms with Crippen LogP contribution in [-0.2, 0) is 19.1 Å².